The van der Waals surface area contributed by atoms with Gasteiger partial charge in [-0.05, 0) is 49.1 Å². The molecular formula is C17H23N3. The lowest BCUT2D eigenvalue weighted by Gasteiger charge is -2.31. The van der Waals surface area contributed by atoms with Crippen LogP contribution in [-0.4, -0.2) is 11.0 Å². The number of fused-ring (bicyclic) bond motifs is 1. The Morgan fingerprint density at radius 1 is 1.20 bits per heavy atom. The molecule has 0 saturated heterocycles. The fourth-order valence-electron chi connectivity index (χ4n) is 3.30. The van der Waals surface area contributed by atoms with Crippen LogP contribution in [0.3, 0.4) is 0 Å². The predicted molar refractivity (Wildman–Crippen MR) is 85.8 cm³/mol. The number of pyridine rings is 1. The summed E-state index contributed by atoms with van der Waals surface area (Å²) in [5.74, 6) is 1.78. The Labute approximate surface area is 120 Å². The number of aromatic nitrogens is 1. The minimum atomic E-state index is 0.576. The molecule has 0 spiro atoms. The summed E-state index contributed by atoms with van der Waals surface area (Å²) in [6.07, 6.45) is 6.57. The van der Waals surface area contributed by atoms with Gasteiger partial charge < -0.3 is 11.1 Å². The summed E-state index contributed by atoms with van der Waals surface area (Å²) in [7, 11) is 0. The summed E-state index contributed by atoms with van der Waals surface area (Å²) in [5.41, 5.74) is 7.60. The van der Waals surface area contributed by atoms with Crippen LogP contribution in [0.25, 0.3) is 10.9 Å². The molecule has 0 aliphatic heterocycles. The minimum absolute atomic E-state index is 0.576. The molecule has 1 aliphatic carbocycles. The van der Waals surface area contributed by atoms with Gasteiger partial charge in [0.25, 0.3) is 0 Å². The van der Waals surface area contributed by atoms with Crippen LogP contribution in [0.15, 0.2) is 30.3 Å². The molecule has 3 N–H and O–H groups in total. The second-order valence-corrected chi connectivity index (χ2v) is 5.85. The highest BCUT2D eigenvalue weighted by molar-refractivity contribution is 5.83. The second-order valence-electron chi connectivity index (χ2n) is 5.85. The van der Waals surface area contributed by atoms with Gasteiger partial charge in [-0.2, -0.15) is 0 Å². The van der Waals surface area contributed by atoms with Crippen molar-refractivity contribution in [3.8, 4) is 0 Å². The van der Waals surface area contributed by atoms with Crippen molar-refractivity contribution in [2.75, 3.05) is 11.1 Å². The Kier molecular flexibility index (Phi) is 3.77. The van der Waals surface area contributed by atoms with Crippen LogP contribution < -0.4 is 11.1 Å². The standard InChI is InChI=1S/C17H23N3/c1-2-12-5-3-4-6-15(12)19-17-10-7-13-11-14(18)8-9-16(13)20-17/h7-12,15H,2-6,18H2,1H3,(H,19,20). The van der Waals surface area contributed by atoms with Crippen LogP contribution in [0.5, 0.6) is 0 Å². The van der Waals surface area contributed by atoms with Gasteiger partial charge in [-0.25, -0.2) is 4.98 Å². The molecule has 0 radical (unpaired) electrons. The topological polar surface area (TPSA) is 50.9 Å². The average Bonchev–Trinajstić information content (AvgIpc) is 2.48. The van der Waals surface area contributed by atoms with Gasteiger partial charge in [0.05, 0.1) is 5.52 Å². The van der Waals surface area contributed by atoms with Crippen molar-refractivity contribution in [1.29, 1.82) is 0 Å². The first-order chi connectivity index (χ1) is 9.76. The highest BCUT2D eigenvalue weighted by atomic mass is 15.0. The smallest absolute Gasteiger partial charge is 0.126 e. The number of nitrogens with one attached hydrogen (secondary N) is 1. The van der Waals surface area contributed by atoms with E-state index in [9.17, 15) is 0 Å². The lowest BCUT2D eigenvalue weighted by atomic mass is 9.83. The maximum Gasteiger partial charge on any atom is 0.126 e. The third-order valence-corrected chi connectivity index (χ3v) is 4.48. The van der Waals surface area contributed by atoms with Crippen molar-refractivity contribution >= 4 is 22.4 Å². The van der Waals surface area contributed by atoms with Crippen LogP contribution in [-0.2, 0) is 0 Å². The first kappa shape index (κ1) is 13.2. The predicted octanol–water partition coefficient (Wildman–Crippen LogP) is 4.20. The van der Waals surface area contributed by atoms with Gasteiger partial charge in [0.1, 0.15) is 5.82 Å². The molecule has 3 rings (SSSR count). The first-order valence-electron chi connectivity index (χ1n) is 7.69. The number of anilines is 2. The Morgan fingerprint density at radius 3 is 2.90 bits per heavy atom. The molecule has 1 saturated carbocycles. The number of nitrogens with zero attached hydrogens (tertiary/aromatic N) is 1. The van der Waals surface area contributed by atoms with Gasteiger partial charge in [-0.15, -0.1) is 0 Å². The molecule has 0 amide bonds. The van der Waals surface area contributed by atoms with Gasteiger partial charge in [-0.1, -0.05) is 26.2 Å². The summed E-state index contributed by atoms with van der Waals surface area (Å²) in [4.78, 5) is 4.71. The molecule has 106 valence electrons. The van der Waals surface area contributed by atoms with Crippen LogP contribution >= 0.6 is 0 Å². The lowest BCUT2D eigenvalue weighted by molar-refractivity contribution is 0.317. The Morgan fingerprint density at radius 2 is 2.05 bits per heavy atom. The number of hydrogen-bond donors (Lipinski definition) is 2. The molecular weight excluding hydrogens is 246 g/mol. The van der Waals surface area contributed by atoms with Gasteiger partial charge in [-0.3, -0.25) is 0 Å². The fourth-order valence-corrected chi connectivity index (χ4v) is 3.30. The maximum atomic E-state index is 5.80. The second kappa shape index (κ2) is 5.70. The Balaban J connectivity index is 1.81. The SMILES string of the molecule is CCC1CCCCC1Nc1ccc2cc(N)ccc2n1. The highest BCUT2D eigenvalue weighted by Gasteiger charge is 2.23. The van der Waals surface area contributed by atoms with E-state index in [-0.39, 0.29) is 0 Å². The van der Waals surface area contributed by atoms with Crippen molar-refractivity contribution in [3.05, 3.63) is 30.3 Å². The molecule has 3 nitrogen and oxygen atoms in total. The van der Waals surface area contributed by atoms with Crippen LogP contribution in [0, 0.1) is 5.92 Å². The molecule has 1 aromatic carbocycles. The van der Waals surface area contributed by atoms with Crippen molar-refractivity contribution in [2.24, 2.45) is 5.92 Å². The van der Waals surface area contributed by atoms with E-state index >= 15 is 0 Å². The summed E-state index contributed by atoms with van der Waals surface area (Å²) in [5, 5.41) is 4.75. The number of nitrogen functional groups attached to an aromatic ring is 1. The van der Waals surface area contributed by atoms with Crippen molar-refractivity contribution in [2.45, 2.75) is 45.1 Å². The molecule has 2 atom stereocenters. The van der Waals surface area contributed by atoms with Gasteiger partial charge in [0.15, 0.2) is 0 Å². The monoisotopic (exact) mass is 269 g/mol. The number of hydrogen-bond acceptors (Lipinski definition) is 3. The van der Waals surface area contributed by atoms with E-state index in [4.69, 9.17) is 10.7 Å². The van der Waals surface area contributed by atoms with Gasteiger partial charge >= 0.3 is 0 Å². The number of nitrogens with two attached hydrogens (primary N) is 1. The molecule has 1 aromatic heterocycles. The number of benzene rings is 1. The largest absolute Gasteiger partial charge is 0.399 e. The normalized spacial score (nSPS) is 22.9. The van der Waals surface area contributed by atoms with E-state index in [0.29, 0.717) is 6.04 Å². The van der Waals surface area contributed by atoms with Crippen LogP contribution in [0.4, 0.5) is 11.5 Å². The summed E-state index contributed by atoms with van der Waals surface area (Å²) >= 11 is 0. The summed E-state index contributed by atoms with van der Waals surface area (Å²) in [6, 6.07) is 10.6. The van der Waals surface area contributed by atoms with Crippen LogP contribution in [0.1, 0.15) is 39.0 Å². The van der Waals surface area contributed by atoms with Crippen molar-refractivity contribution in [1.82, 2.24) is 4.98 Å². The van der Waals surface area contributed by atoms with Crippen molar-refractivity contribution in [3.63, 3.8) is 0 Å². The van der Waals surface area contributed by atoms with E-state index < -0.39 is 0 Å². The third kappa shape index (κ3) is 2.72. The molecule has 1 heterocycles. The van der Waals surface area contributed by atoms with Gasteiger partial charge in [0, 0.05) is 17.1 Å². The zero-order chi connectivity index (χ0) is 13.9. The molecule has 1 fully saturated rings. The van der Waals surface area contributed by atoms with Crippen molar-refractivity contribution < 1.29 is 0 Å². The molecule has 0 bridgehead atoms. The molecule has 2 unspecified atom stereocenters. The fraction of sp³-hybridized carbons (Fsp3) is 0.471. The molecule has 20 heavy (non-hydrogen) atoms. The third-order valence-electron chi connectivity index (χ3n) is 4.48. The Bertz CT molecular complexity index is 594. The van der Waals surface area contributed by atoms with Gasteiger partial charge in [0.2, 0.25) is 0 Å². The summed E-state index contributed by atoms with van der Waals surface area (Å²) < 4.78 is 0. The maximum absolute atomic E-state index is 5.80. The van der Waals surface area contributed by atoms with Crippen LogP contribution in [0.2, 0.25) is 0 Å². The lowest BCUT2D eigenvalue weighted by Crippen LogP contribution is -2.32. The van der Waals surface area contributed by atoms with E-state index in [1.165, 1.54) is 32.1 Å². The zero-order valence-electron chi connectivity index (χ0n) is 12.1. The molecule has 1 aliphatic rings. The van der Waals surface area contributed by atoms with E-state index in [1.54, 1.807) is 0 Å². The van der Waals surface area contributed by atoms with E-state index in [1.807, 2.05) is 18.2 Å². The molecule has 2 aromatic rings. The zero-order valence-corrected chi connectivity index (χ0v) is 12.1. The minimum Gasteiger partial charge on any atom is -0.399 e. The average molecular weight is 269 g/mol. The molecule has 3 heteroatoms. The Hall–Kier alpha value is -1.77. The highest BCUT2D eigenvalue weighted by Crippen LogP contribution is 2.29. The van der Waals surface area contributed by atoms with E-state index in [2.05, 4.69) is 24.4 Å². The number of rotatable bonds is 3. The first-order valence-corrected chi connectivity index (χ1v) is 7.69. The summed E-state index contributed by atoms with van der Waals surface area (Å²) in [6.45, 7) is 2.29. The quantitative estimate of drug-likeness (QED) is 0.821. The van der Waals surface area contributed by atoms with E-state index in [0.717, 1.165) is 28.3 Å².